The van der Waals surface area contributed by atoms with Crippen molar-refractivity contribution >= 4 is 16.9 Å². The van der Waals surface area contributed by atoms with Crippen molar-refractivity contribution in [2.45, 2.75) is 37.2 Å². The second-order valence-electron chi connectivity index (χ2n) is 4.60. The molecule has 0 spiro atoms. The van der Waals surface area contributed by atoms with Gasteiger partial charge in [-0.25, -0.2) is 0 Å². The number of carbonyl (C=O) groups is 1. The maximum Gasteiger partial charge on any atom is 0.194 e. The highest BCUT2D eigenvalue weighted by molar-refractivity contribution is 8.13. The van der Waals surface area contributed by atoms with Gasteiger partial charge in [0.2, 0.25) is 0 Å². The van der Waals surface area contributed by atoms with Gasteiger partial charge in [-0.3, -0.25) is 4.79 Å². The molecule has 1 aromatic rings. The van der Waals surface area contributed by atoms with Crippen LogP contribution in [0.5, 0.6) is 0 Å². The van der Waals surface area contributed by atoms with Gasteiger partial charge < -0.3 is 4.74 Å². The molecule has 0 saturated heterocycles. The molecule has 0 N–H and O–H groups in total. The van der Waals surface area contributed by atoms with E-state index in [2.05, 4.69) is 0 Å². The molecule has 2 rings (SSSR count). The Morgan fingerprint density at radius 1 is 1.35 bits per heavy atom. The molecule has 2 atom stereocenters. The third kappa shape index (κ3) is 3.33. The summed E-state index contributed by atoms with van der Waals surface area (Å²) in [5, 5.41) is 0.251. The van der Waals surface area contributed by atoms with Crippen LogP contribution in [0.25, 0.3) is 0 Å². The van der Waals surface area contributed by atoms with Gasteiger partial charge in [-0.15, -0.1) is 0 Å². The first-order chi connectivity index (χ1) is 8.19. The van der Waals surface area contributed by atoms with Crippen molar-refractivity contribution in [3.8, 4) is 0 Å². The molecule has 0 aromatic heterocycles. The summed E-state index contributed by atoms with van der Waals surface area (Å²) in [6.07, 6.45) is 3.16. The number of aryl methyl sites for hydroxylation is 1. The largest absolute Gasteiger partial charge is 0.381 e. The Morgan fingerprint density at radius 3 is 2.59 bits per heavy atom. The summed E-state index contributed by atoms with van der Waals surface area (Å²) in [6.45, 7) is 2.05. The second kappa shape index (κ2) is 5.69. The number of carbonyl (C=O) groups excluding carboxylic acids is 1. The Kier molecular flexibility index (Phi) is 4.24. The third-order valence-corrected chi connectivity index (χ3v) is 4.23. The maximum atomic E-state index is 11.9. The number of thioether (sulfide) groups is 1. The molecule has 1 aromatic carbocycles. The first-order valence-corrected chi connectivity index (χ1v) is 6.81. The number of hydrogen-bond donors (Lipinski definition) is 0. The van der Waals surface area contributed by atoms with Gasteiger partial charge in [0, 0.05) is 18.4 Å². The average Bonchev–Trinajstić information content (AvgIpc) is 2.28. The molecule has 17 heavy (non-hydrogen) atoms. The van der Waals surface area contributed by atoms with Gasteiger partial charge in [-0.2, -0.15) is 0 Å². The van der Waals surface area contributed by atoms with Crippen molar-refractivity contribution in [3.63, 3.8) is 0 Å². The summed E-state index contributed by atoms with van der Waals surface area (Å²) in [5.41, 5.74) is 1.22. The van der Waals surface area contributed by atoms with E-state index in [1.165, 1.54) is 17.3 Å². The van der Waals surface area contributed by atoms with Gasteiger partial charge in [0.1, 0.15) is 0 Å². The zero-order valence-electron chi connectivity index (χ0n) is 10.3. The molecule has 0 aliphatic heterocycles. The summed E-state index contributed by atoms with van der Waals surface area (Å²) in [4.78, 5) is 12.9. The summed E-state index contributed by atoms with van der Waals surface area (Å²) in [6, 6.07) is 8.09. The van der Waals surface area contributed by atoms with E-state index in [-0.39, 0.29) is 5.12 Å². The minimum absolute atomic E-state index is 0.251. The molecule has 0 heterocycles. The van der Waals surface area contributed by atoms with E-state index < -0.39 is 0 Å². The van der Waals surface area contributed by atoms with Crippen LogP contribution in [-0.2, 0) is 9.53 Å². The number of hydrogen-bond acceptors (Lipinski definition) is 3. The minimum atomic E-state index is 0.251. The Bertz CT molecular complexity index is 384. The summed E-state index contributed by atoms with van der Waals surface area (Å²) in [5.74, 6) is 0.436. The van der Waals surface area contributed by atoms with E-state index >= 15 is 0 Å². The Morgan fingerprint density at radius 2 is 2.06 bits per heavy atom. The van der Waals surface area contributed by atoms with E-state index in [4.69, 9.17) is 4.74 Å². The van der Waals surface area contributed by atoms with Crippen LogP contribution >= 0.6 is 11.8 Å². The monoisotopic (exact) mass is 250 g/mol. The fourth-order valence-corrected chi connectivity index (χ4v) is 2.91. The molecule has 1 aliphatic carbocycles. The normalized spacial score (nSPS) is 23.2. The average molecular weight is 250 g/mol. The summed E-state index contributed by atoms with van der Waals surface area (Å²) in [7, 11) is 1.73. The third-order valence-electron chi connectivity index (χ3n) is 3.33. The highest BCUT2D eigenvalue weighted by atomic mass is 32.2. The molecule has 1 saturated carbocycles. The lowest BCUT2D eigenvalue weighted by molar-refractivity contribution is -0.115. The van der Waals surface area contributed by atoms with Gasteiger partial charge in [-0.05, 0) is 37.8 Å². The molecule has 3 heteroatoms. The van der Waals surface area contributed by atoms with Crippen molar-refractivity contribution in [3.05, 3.63) is 29.8 Å². The van der Waals surface area contributed by atoms with E-state index in [0.717, 1.165) is 17.7 Å². The highest BCUT2D eigenvalue weighted by Gasteiger charge is 2.32. The van der Waals surface area contributed by atoms with Crippen molar-refractivity contribution < 1.29 is 9.53 Å². The van der Waals surface area contributed by atoms with Crippen LogP contribution in [0.4, 0.5) is 0 Å². The van der Waals surface area contributed by atoms with Crippen LogP contribution in [0.15, 0.2) is 29.2 Å². The molecule has 2 nitrogen and oxygen atoms in total. The van der Waals surface area contributed by atoms with Crippen molar-refractivity contribution in [1.29, 1.82) is 0 Å². The predicted molar refractivity (Wildman–Crippen MR) is 70.2 cm³/mol. The highest BCUT2D eigenvalue weighted by Crippen LogP contribution is 2.35. The van der Waals surface area contributed by atoms with E-state index in [0.29, 0.717) is 18.4 Å². The van der Waals surface area contributed by atoms with Crippen LogP contribution in [0.2, 0.25) is 0 Å². The number of rotatable bonds is 4. The molecule has 1 aliphatic rings. The van der Waals surface area contributed by atoms with Crippen LogP contribution in [0.3, 0.4) is 0 Å². The van der Waals surface area contributed by atoms with Gasteiger partial charge in [-0.1, -0.05) is 29.5 Å². The molecule has 0 amide bonds. The van der Waals surface area contributed by atoms with Crippen LogP contribution in [0, 0.1) is 12.8 Å². The van der Waals surface area contributed by atoms with E-state index in [1.807, 2.05) is 31.2 Å². The lowest BCUT2D eigenvalue weighted by Gasteiger charge is -2.34. The Balaban J connectivity index is 1.83. The van der Waals surface area contributed by atoms with Crippen molar-refractivity contribution in [2.24, 2.45) is 5.92 Å². The molecule has 1 fully saturated rings. The van der Waals surface area contributed by atoms with Gasteiger partial charge in [0.05, 0.1) is 6.10 Å². The molecular weight excluding hydrogens is 232 g/mol. The molecular formula is C14H18O2S. The maximum absolute atomic E-state index is 11.9. The molecule has 0 bridgehead atoms. The minimum Gasteiger partial charge on any atom is -0.381 e. The zero-order valence-corrected chi connectivity index (χ0v) is 11.1. The zero-order chi connectivity index (χ0) is 12.3. The first-order valence-electron chi connectivity index (χ1n) is 5.99. The lowest BCUT2D eigenvalue weighted by Crippen LogP contribution is -2.34. The quantitative estimate of drug-likeness (QED) is 0.766. The van der Waals surface area contributed by atoms with Gasteiger partial charge in [0.15, 0.2) is 5.12 Å². The topological polar surface area (TPSA) is 26.3 Å². The second-order valence-corrected chi connectivity index (χ2v) is 5.73. The van der Waals surface area contributed by atoms with Gasteiger partial charge >= 0.3 is 0 Å². The predicted octanol–water partition coefficient (Wildman–Crippen LogP) is 3.43. The summed E-state index contributed by atoms with van der Waals surface area (Å²) >= 11 is 1.35. The molecule has 92 valence electrons. The molecule has 0 radical (unpaired) electrons. The fourth-order valence-electron chi connectivity index (χ4n) is 2.08. The van der Waals surface area contributed by atoms with E-state index in [1.54, 1.807) is 7.11 Å². The summed E-state index contributed by atoms with van der Waals surface area (Å²) < 4.78 is 5.30. The Hall–Kier alpha value is -0.800. The lowest BCUT2D eigenvalue weighted by atomic mass is 9.80. The van der Waals surface area contributed by atoms with Crippen molar-refractivity contribution in [1.82, 2.24) is 0 Å². The number of ether oxygens (including phenoxy) is 1. The number of benzene rings is 1. The van der Waals surface area contributed by atoms with Gasteiger partial charge in [0.25, 0.3) is 0 Å². The smallest absolute Gasteiger partial charge is 0.194 e. The van der Waals surface area contributed by atoms with Crippen LogP contribution in [-0.4, -0.2) is 18.3 Å². The Labute approximate surface area is 107 Å². The van der Waals surface area contributed by atoms with Crippen molar-refractivity contribution in [2.75, 3.05) is 7.11 Å². The fraction of sp³-hybridized carbons (Fsp3) is 0.500. The van der Waals surface area contributed by atoms with Crippen LogP contribution < -0.4 is 0 Å². The van der Waals surface area contributed by atoms with Crippen LogP contribution in [0.1, 0.15) is 24.8 Å². The number of methoxy groups -OCH3 is 1. The first kappa shape index (κ1) is 12.7. The molecule has 0 unspecified atom stereocenters. The van der Waals surface area contributed by atoms with E-state index in [9.17, 15) is 4.79 Å². The standard InChI is InChI=1S/C14H18O2S/c1-10-3-6-12(7-4-10)17-14(15)9-11-5-8-13(11)16-2/h3-4,6-7,11,13H,5,8-9H2,1-2H3/t11-,13+/m0/s1. The SMILES string of the molecule is CO[C@@H]1CC[C@H]1CC(=O)Sc1ccc(C)cc1.